The quantitative estimate of drug-likeness (QED) is 0.780. The van der Waals surface area contributed by atoms with Crippen molar-refractivity contribution in [3.63, 3.8) is 0 Å². The van der Waals surface area contributed by atoms with Crippen LogP contribution in [-0.4, -0.2) is 43.2 Å². The summed E-state index contributed by atoms with van der Waals surface area (Å²) in [5.41, 5.74) is 2.37. The summed E-state index contributed by atoms with van der Waals surface area (Å²) in [5, 5.41) is 3.97. The summed E-state index contributed by atoms with van der Waals surface area (Å²) in [6, 6.07) is 14.2. The van der Waals surface area contributed by atoms with Crippen molar-refractivity contribution in [2.24, 2.45) is 0 Å². The number of amides is 1. The molecule has 2 aliphatic heterocycles. The van der Waals surface area contributed by atoms with Gasteiger partial charge in [0.1, 0.15) is 13.2 Å². The minimum absolute atomic E-state index is 0.121. The lowest BCUT2D eigenvalue weighted by molar-refractivity contribution is -0.122. The molecule has 29 heavy (non-hydrogen) atoms. The van der Waals surface area contributed by atoms with Crippen LogP contribution in [0.1, 0.15) is 30.4 Å². The number of piperidine rings is 1. The minimum atomic E-state index is 0.121. The van der Waals surface area contributed by atoms with Crippen LogP contribution in [-0.2, 0) is 17.8 Å². The second-order valence-electron chi connectivity index (χ2n) is 7.72. The van der Waals surface area contributed by atoms with Crippen LogP contribution in [0.3, 0.4) is 0 Å². The lowest BCUT2D eigenvalue weighted by atomic mass is 10.0. The Bertz CT molecular complexity index is 833. The lowest BCUT2D eigenvalue weighted by Gasteiger charge is -2.32. The number of nitrogens with one attached hydrogen (secondary N) is 1. The number of likely N-dealkylation sites (tertiary alicyclic amines) is 1. The van der Waals surface area contributed by atoms with Crippen LogP contribution >= 0.6 is 11.6 Å². The van der Waals surface area contributed by atoms with Gasteiger partial charge in [-0.05, 0) is 54.7 Å². The van der Waals surface area contributed by atoms with E-state index in [0.29, 0.717) is 26.1 Å². The molecule has 2 aromatic rings. The zero-order chi connectivity index (χ0) is 20.1. The van der Waals surface area contributed by atoms with E-state index in [1.54, 1.807) is 0 Å². The number of carbonyl (C=O) groups excluding carboxylic acids is 1. The van der Waals surface area contributed by atoms with E-state index in [9.17, 15) is 4.79 Å². The first kappa shape index (κ1) is 20.0. The molecular formula is C23H27ClN2O3. The predicted octanol–water partition coefficient (Wildman–Crippen LogP) is 3.82. The van der Waals surface area contributed by atoms with Gasteiger partial charge in [-0.2, -0.15) is 0 Å². The number of aryl methyl sites for hydroxylation is 1. The highest BCUT2D eigenvalue weighted by atomic mass is 35.5. The van der Waals surface area contributed by atoms with E-state index in [-0.39, 0.29) is 11.9 Å². The molecule has 2 aromatic carbocycles. The normalized spacial score (nSPS) is 17.1. The molecule has 2 heterocycles. The topological polar surface area (TPSA) is 50.8 Å². The zero-order valence-electron chi connectivity index (χ0n) is 16.5. The fraction of sp³-hybridized carbons (Fsp3) is 0.435. The molecule has 0 saturated carbocycles. The summed E-state index contributed by atoms with van der Waals surface area (Å²) in [6.45, 7) is 4.09. The Kier molecular flexibility index (Phi) is 6.57. The third-order valence-electron chi connectivity index (χ3n) is 5.52. The van der Waals surface area contributed by atoms with Crippen molar-refractivity contribution in [3.05, 3.63) is 58.6 Å². The van der Waals surface area contributed by atoms with Gasteiger partial charge in [-0.15, -0.1) is 0 Å². The van der Waals surface area contributed by atoms with E-state index in [0.717, 1.165) is 54.6 Å². The molecule has 154 valence electrons. The smallest absolute Gasteiger partial charge is 0.220 e. The van der Waals surface area contributed by atoms with Crippen LogP contribution in [0.2, 0.25) is 5.02 Å². The maximum absolute atomic E-state index is 12.4. The highest BCUT2D eigenvalue weighted by molar-refractivity contribution is 6.30. The fourth-order valence-electron chi connectivity index (χ4n) is 3.88. The van der Waals surface area contributed by atoms with Crippen LogP contribution in [0, 0.1) is 0 Å². The molecule has 5 nitrogen and oxygen atoms in total. The maximum Gasteiger partial charge on any atom is 0.220 e. The summed E-state index contributed by atoms with van der Waals surface area (Å²) in [6.07, 6.45) is 3.18. The van der Waals surface area contributed by atoms with Crippen molar-refractivity contribution in [1.29, 1.82) is 0 Å². The number of hydrogen-bond donors (Lipinski definition) is 1. The Labute approximate surface area is 176 Å². The number of hydrogen-bond acceptors (Lipinski definition) is 4. The summed E-state index contributed by atoms with van der Waals surface area (Å²) in [4.78, 5) is 14.8. The van der Waals surface area contributed by atoms with Gasteiger partial charge in [0.2, 0.25) is 5.91 Å². The van der Waals surface area contributed by atoms with E-state index in [4.69, 9.17) is 21.1 Å². The van der Waals surface area contributed by atoms with E-state index < -0.39 is 0 Å². The molecule has 0 aromatic heterocycles. The fourth-order valence-corrected chi connectivity index (χ4v) is 4.01. The highest BCUT2D eigenvalue weighted by Gasteiger charge is 2.21. The van der Waals surface area contributed by atoms with Crippen molar-refractivity contribution < 1.29 is 14.3 Å². The molecule has 0 aliphatic carbocycles. The van der Waals surface area contributed by atoms with Gasteiger partial charge in [0.15, 0.2) is 11.5 Å². The average molecular weight is 415 g/mol. The third-order valence-corrected chi connectivity index (χ3v) is 5.77. The predicted molar refractivity (Wildman–Crippen MR) is 114 cm³/mol. The molecular weight excluding hydrogens is 388 g/mol. The van der Waals surface area contributed by atoms with Gasteiger partial charge in [-0.3, -0.25) is 9.69 Å². The lowest BCUT2D eigenvalue weighted by Crippen LogP contribution is -2.44. The molecule has 0 atom stereocenters. The van der Waals surface area contributed by atoms with E-state index >= 15 is 0 Å². The van der Waals surface area contributed by atoms with Gasteiger partial charge in [-0.25, -0.2) is 0 Å². The number of halogens is 1. The number of fused-ring (bicyclic) bond motifs is 1. The number of nitrogens with zero attached hydrogens (tertiary/aromatic N) is 1. The van der Waals surface area contributed by atoms with Gasteiger partial charge < -0.3 is 14.8 Å². The van der Waals surface area contributed by atoms with Crippen LogP contribution in [0.4, 0.5) is 0 Å². The molecule has 0 radical (unpaired) electrons. The summed E-state index contributed by atoms with van der Waals surface area (Å²) in [7, 11) is 0. The molecule has 0 spiro atoms. The molecule has 6 heteroatoms. The number of ether oxygens (including phenoxy) is 2. The second-order valence-corrected chi connectivity index (χ2v) is 8.16. The van der Waals surface area contributed by atoms with Crippen molar-refractivity contribution in [3.8, 4) is 11.5 Å². The van der Waals surface area contributed by atoms with Crippen LogP contribution in [0.25, 0.3) is 0 Å². The SMILES string of the molecule is O=C(CCc1ccc2c(c1)OCCO2)NC1CCN(Cc2ccc(Cl)cc2)CC1. The molecule has 1 N–H and O–H groups in total. The first-order valence-corrected chi connectivity index (χ1v) is 10.7. The molecule has 1 amide bonds. The molecule has 4 rings (SSSR count). The van der Waals surface area contributed by atoms with Crippen molar-refractivity contribution in [2.75, 3.05) is 26.3 Å². The first-order chi connectivity index (χ1) is 14.2. The van der Waals surface area contributed by atoms with Gasteiger partial charge >= 0.3 is 0 Å². The standard InChI is InChI=1S/C23H27ClN2O3/c24-19-5-1-18(2-6-19)16-26-11-9-20(10-12-26)25-23(27)8-4-17-3-7-21-22(15-17)29-14-13-28-21/h1-3,5-7,15,20H,4,8-14,16H2,(H,25,27). The van der Waals surface area contributed by atoms with Gasteiger partial charge in [0, 0.05) is 37.1 Å². The Balaban J connectivity index is 1.18. The average Bonchev–Trinajstić information content (AvgIpc) is 2.75. The van der Waals surface area contributed by atoms with Crippen molar-refractivity contribution in [2.45, 2.75) is 38.3 Å². The summed E-state index contributed by atoms with van der Waals surface area (Å²) < 4.78 is 11.2. The molecule has 1 saturated heterocycles. The number of benzene rings is 2. The Hall–Kier alpha value is -2.24. The number of rotatable bonds is 6. The second kappa shape index (κ2) is 9.51. The minimum Gasteiger partial charge on any atom is -0.486 e. The Morgan fingerprint density at radius 2 is 1.69 bits per heavy atom. The molecule has 2 aliphatic rings. The summed E-state index contributed by atoms with van der Waals surface area (Å²) in [5.74, 6) is 1.69. The van der Waals surface area contributed by atoms with Gasteiger partial charge in [0.05, 0.1) is 0 Å². The van der Waals surface area contributed by atoms with E-state index in [1.165, 1.54) is 5.56 Å². The Morgan fingerprint density at radius 1 is 1.00 bits per heavy atom. The first-order valence-electron chi connectivity index (χ1n) is 10.3. The summed E-state index contributed by atoms with van der Waals surface area (Å²) >= 11 is 5.95. The molecule has 1 fully saturated rings. The van der Waals surface area contributed by atoms with E-state index in [2.05, 4.69) is 22.3 Å². The zero-order valence-corrected chi connectivity index (χ0v) is 17.3. The number of carbonyl (C=O) groups is 1. The Morgan fingerprint density at radius 3 is 2.45 bits per heavy atom. The third kappa shape index (κ3) is 5.64. The van der Waals surface area contributed by atoms with Crippen LogP contribution in [0.15, 0.2) is 42.5 Å². The van der Waals surface area contributed by atoms with Crippen LogP contribution in [0.5, 0.6) is 11.5 Å². The van der Waals surface area contributed by atoms with Crippen molar-refractivity contribution in [1.82, 2.24) is 10.2 Å². The molecule has 0 bridgehead atoms. The van der Waals surface area contributed by atoms with E-state index in [1.807, 2.05) is 30.3 Å². The largest absolute Gasteiger partial charge is 0.486 e. The van der Waals surface area contributed by atoms with Crippen molar-refractivity contribution >= 4 is 17.5 Å². The van der Waals surface area contributed by atoms with Gasteiger partial charge in [0.25, 0.3) is 0 Å². The molecule has 0 unspecified atom stereocenters. The monoisotopic (exact) mass is 414 g/mol. The van der Waals surface area contributed by atoms with Gasteiger partial charge in [-0.1, -0.05) is 29.8 Å². The van der Waals surface area contributed by atoms with Crippen LogP contribution < -0.4 is 14.8 Å². The highest BCUT2D eigenvalue weighted by Crippen LogP contribution is 2.31. The maximum atomic E-state index is 12.4.